The molecule has 0 unspecified atom stereocenters. The molecule has 1 heterocycles. The predicted octanol–water partition coefficient (Wildman–Crippen LogP) is 1.74. The van der Waals surface area contributed by atoms with Gasteiger partial charge in [-0.05, 0) is 6.42 Å². The van der Waals surface area contributed by atoms with Crippen LogP contribution in [0.1, 0.15) is 19.8 Å². The number of rotatable bonds is 5. The van der Waals surface area contributed by atoms with E-state index in [-0.39, 0.29) is 10.6 Å². The van der Waals surface area contributed by atoms with Gasteiger partial charge in [0.15, 0.2) is 0 Å². The second-order valence-electron chi connectivity index (χ2n) is 3.31. The molecule has 0 aliphatic rings. The van der Waals surface area contributed by atoms with Gasteiger partial charge in [0.25, 0.3) is 5.56 Å². The topological polar surface area (TPSA) is 46.9 Å². The van der Waals surface area contributed by atoms with E-state index in [0.717, 1.165) is 12.8 Å². The van der Waals surface area contributed by atoms with Crippen molar-refractivity contribution in [3.63, 3.8) is 0 Å². The molecule has 0 saturated carbocycles. The Morgan fingerprint density at radius 3 is 3.06 bits per heavy atom. The van der Waals surface area contributed by atoms with Gasteiger partial charge in [-0.25, -0.2) is 4.68 Å². The van der Waals surface area contributed by atoms with E-state index in [1.54, 1.807) is 0 Å². The molecule has 0 atom stereocenters. The first-order valence-corrected chi connectivity index (χ1v) is 5.51. The van der Waals surface area contributed by atoms with Crippen LogP contribution in [0.2, 0.25) is 5.02 Å². The minimum atomic E-state index is -0.280. The monoisotopic (exact) mass is 239 g/mol. The molecule has 0 amide bonds. The third-order valence-electron chi connectivity index (χ3n) is 2.09. The first kappa shape index (κ1) is 12.6. The van der Waals surface area contributed by atoms with E-state index < -0.39 is 0 Å². The van der Waals surface area contributed by atoms with Gasteiger partial charge < -0.3 is 5.32 Å². The smallest absolute Gasteiger partial charge is 0.287 e. The minimum Gasteiger partial charge on any atom is -0.371 e. The van der Waals surface area contributed by atoms with Crippen LogP contribution in [0.25, 0.3) is 0 Å². The van der Waals surface area contributed by atoms with E-state index >= 15 is 0 Å². The van der Waals surface area contributed by atoms with Crippen molar-refractivity contribution in [2.24, 2.45) is 0 Å². The van der Waals surface area contributed by atoms with Crippen LogP contribution in [-0.4, -0.2) is 16.3 Å². The molecule has 1 N–H and O–H groups in total. The number of nitrogens with zero attached hydrogens (tertiary/aromatic N) is 2. The van der Waals surface area contributed by atoms with Crippen LogP contribution in [0.4, 0.5) is 5.69 Å². The second-order valence-corrected chi connectivity index (χ2v) is 3.69. The maximum atomic E-state index is 11.7. The van der Waals surface area contributed by atoms with Gasteiger partial charge >= 0.3 is 0 Å². The van der Waals surface area contributed by atoms with Gasteiger partial charge in [-0.1, -0.05) is 30.9 Å². The number of aromatic nitrogens is 2. The molecule has 0 spiro atoms. The first-order chi connectivity index (χ1) is 7.70. The Hall–Kier alpha value is -1.47. The quantitative estimate of drug-likeness (QED) is 0.797. The van der Waals surface area contributed by atoms with Gasteiger partial charge in [0.2, 0.25) is 0 Å². The number of nitrogens with one attached hydrogen (secondary N) is 1. The largest absolute Gasteiger partial charge is 0.371 e. The number of anilines is 1. The standard InChI is InChI=1S/C11H14ClN3O/c1-3-5-7-15-11(16)10(12)9(8-14-15)13-6-4-2/h2,8,13H,3,5-7H2,1H3. The fourth-order valence-corrected chi connectivity index (χ4v) is 1.41. The van der Waals surface area contributed by atoms with Crippen molar-refractivity contribution >= 4 is 17.3 Å². The molecule has 1 aromatic heterocycles. The lowest BCUT2D eigenvalue weighted by molar-refractivity contribution is 0.543. The van der Waals surface area contributed by atoms with Crippen molar-refractivity contribution in [3.8, 4) is 12.3 Å². The normalized spacial score (nSPS) is 9.81. The van der Waals surface area contributed by atoms with Gasteiger partial charge in [-0.3, -0.25) is 4.79 Å². The van der Waals surface area contributed by atoms with Gasteiger partial charge in [0.05, 0.1) is 18.4 Å². The summed E-state index contributed by atoms with van der Waals surface area (Å²) in [5.41, 5.74) is 0.203. The van der Waals surface area contributed by atoms with Crippen LogP contribution in [0, 0.1) is 12.3 Å². The van der Waals surface area contributed by atoms with E-state index in [9.17, 15) is 4.79 Å². The highest BCUT2D eigenvalue weighted by Crippen LogP contribution is 2.14. The predicted molar refractivity (Wildman–Crippen MR) is 65.7 cm³/mol. The Bertz CT molecular complexity index is 448. The fourth-order valence-electron chi connectivity index (χ4n) is 1.20. The maximum absolute atomic E-state index is 11.7. The highest BCUT2D eigenvalue weighted by Gasteiger charge is 2.07. The molecule has 0 radical (unpaired) electrons. The highest BCUT2D eigenvalue weighted by molar-refractivity contribution is 6.32. The lowest BCUT2D eigenvalue weighted by Gasteiger charge is -2.07. The molecular weight excluding hydrogens is 226 g/mol. The van der Waals surface area contributed by atoms with Gasteiger partial charge in [0, 0.05) is 6.54 Å². The summed E-state index contributed by atoms with van der Waals surface area (Å²) in [6.07, 6.45) is 8.53. The van der Waals surface area contributed by atoms with Gasteiger partial charge in [0.1, 0.15) is 5.02 Å². The molecule has 0 bridgehead atoms. The minimum absolute atomic E-state index is 0.140. The summed E-state index contributed by atoms with van der Waals surface area (Å²) in [6.45, 7) is 2.96. The number of aryl methyl sites for hydroxylation is 1. The van der Waals surface area contributed by atoms with E-state index in [0.29, 0.717) is 18.8 Å². The summed E-state index contributed by atoms with van der Waals surface area (Å²) in [5.74, 6) is 2.41. The van der Waals surface area contributed by atoms with Crippen molar-refractivity contribution < 1.29 is 0 Å². The zero-order chi connectivity index (χ0) is 12.0. The molecule has 5 heteroatoms. The van der Waals surface area contributed by atoms with Gasteiger partial charge in [-0.2, -0.15) is 5.10 Å². The van der Waals surface area contributed by atoms with Crippen molar-refractivity contribution in [2.75, 3.05) is 11.9 Å². The lowest BCUT2D eigenvalue weighted by Crippen LogP contribution is -2.24. The van der Waals surface area contributed by atoms with Crippen molar-refractivity contribution in [2.45, 2.75) is 26.3 Å². The molecule has 0 aliphatic carbocycles. The Morgan fingerprint density at radius 1 is 1.69 bits per heavy atom. The molecule has 0 fully saturated rings. The van der Waals surface area contributed by atoms with Crippen LogP contribution >= 0.6 is 11.6 Å². The van der Waals surface area contributed by atoms with Crippen LogP contribution in [0.3, 0.4) is 0 Å². The Morgan fingerprint density at radius 2 is 2.44 bits per heavy atom. The average molecular weight is 240 g/mol. The zero-order valence-corrected chi connectivity index (χ0v) is 9.92. The molecule has 16 heavy (non-hydrogen) atoms. The number of unbranched alkanes of at least 4 members (excludes halogenated alkanes) is 1. The second kappa shape index (κ2) is 6.19. The molecule has 0 saturated heterocycles. The van der Waals surface area contributed by atoms with Crippen molar-refractivity contribution in [3.05, 3.63) is 21.6 Å². The van der Waals surface area contributed by atoms with Gasteiger partial charge in [-0.15, -0.1) is 6.42 Å². The zero-order valence-electron chi connectivity index (χ0n) is 9.16. The Kier molecular flexibility index (Phi) is 4.87. The van der Waals surface area contributed by atoms with Crippen LogP contribution in [0.15, 0.2) is 11.0 Å². The molecule has 1 rings (SSSR count). The fraction of sp³-hybridized carbons (Fsp3) is 0.455. The first-order valence-electron chi connectivity index (χ1n) is 5.13. The van der Waals surface area contributed by atoms with E-state index in [4.69, 9.17) is 18.0 Å². The summed E-state index contributed by atoms with van der Waals surface area (Å²) in [5, 5.41) is 7.00. The summed E-state index contributed by atoms with van der Waals surface area (Å²) >= 11 is 5.91. The number of terminal acetylenes is 1. The van der Waals surface area contributed by atoms with E-state index in [1.165, 1.54) is 10.9 Å². The number of hydrogen-bond donors (Lipinski definition) is 1. The Balaban J connectivity index is 2.91. The molecular formula is C11H14ClN3O. The third-order valence-corrected chi connectivity index (χ3v) is 2.45. The van der Waals surface area contributed by atoms with E-state index in [1.807, 2.05) is 0 Å². The SMILES string of the molecule is C#CCNc1cnn(CCCC)c(=O)c1Cl. The highest BCUT2D eigenvalue weighted by atomic mass is 35.5. The molecule has 0 aromatic carbocycles. The summed E-state index contributed by atoms with van der Waals surface area (Å²) in [4.78, 5) is 11.7. The Labute approximate surface area is 99.6 Å². The third kappa shape index (κ3) is 3.01. The molecule has 0 aliphatic heterocycles. The van der Waals surface area contributed by atoms with Crippen molar-refractivity contribution in [1.29, 1.82) is 0 Å². The van der Waals surface area contributed by atoms with Crippen LogP contribution in [0.5, 0.6) is 0 Å². The van der Waals surface area contributed by atoms with Crippen LogP contribution in [-0.2, 0) is 6.54 Å². The summed E-state index contributed by atoms with van der Waals surface area (Å²) in [7, 11) is 0. The number of halogens is 1. The average Bonchev–Trinajstić information content (AvgIpc) is 2.30. The lowest BCUT2D eigenvalue weighted by atomic mass is 10.3. The molecule has 4 nitrogen and oxygen atoms in total. The van der Waals surface area contributed by atoms with Crippen molar-refractivity contribution in [1.82, 2.24) is 9.78 Å². The summed E-state index contributed by atoms with van der Waals surface area (Å²) in [6, 6.07) is 0. The van der Waals surface area contributed by atoms with Crippen LogP contribution < -0.4 is 10.9 Å². The maximum Gasteiger partial charge on any atom is 0.287 e. The number of hydrogen-bond acceptors (Lipinski definition) is 3. The molecule has 1 aromatic rings. The van der Waals surface area contributed by atoms with E-state index in [2.05, 4.69) is 23.3 Å². The summed E-state index contributed by atoms with van der Waals surface area (Å²) < 4.78 is 1.37. The molecule has 86 valence electrons.